The van der Waals surface area contributed by atoms with Crippen LogP contribution in [0.15, 0.2) is 36.7 Å². The van der Waals surface area contributed by atoms with Crippen LogP contribution in [0.5, 0.6) is 0 Å². The SMILES string of the molecule is CCCCCCCCc1cnc(-c2ccc(CCCCCCOCC(F)(F)OC(F)(F)C(F)(F)C(F)(F)C(F)(F)F)cc2)nc1. The summed E-state index contributed by atoms with van der Waals surface area (Å²) in [5.41, 5.74) is 2.98. The number of hydrogen-bond acceptors (Lipinski definition) is 4. The van der Waals surface area contributed by atoms with Gasteiger partial charge < -0.3 is 4.74 Å². The Hall–Kier alpha value is -2.55. The molecule has 256 valence electrons. The van der Waals surface area contributed by atoms with E-state index in [1.54, 1.807) is 0 Å². The Labute approximate surface area is 254 Å². The summed E-state index contributed by atoms with van der Waals surface area (Å²) in [6, 6.07) is 7.66. The zero-order chi connectivity index (χ0) is 33.8. The number of nitrogens with zero attached hydrogens (tertiary/aromatic N) is 2. The second-order valence-electron chi connectivity index (χ2n) is 10.7. The Morgan fingerprint density at radius 3 is 1.67 bits per heavy atom. The molecule has 0 spiro atoms. The van der Waals surface area contributed by atoms with Gasteiger partial charge in [0.2, 0.25) is 0 Å². The number of alkyl halides is 11. The van der Waals surface area contributed by atoms with Gasteiger partial charge >= 0.3 is 30.2 Å². The van der Waals surface area contributed by atoms with Crippen LogP contribution in [-0.4, -0.2) is 53.4 Å². The third-order valence-electron chi connectivity index (χ3n) is 6.90. The van der Waals surface area contributed by atoms with Gasteiger partial charge in [-0.3, -0.25) is 0 Å². The molecule has 2 rings (SSSR count). The summed E-state index contributed by atoms with van der Waals surface area (Å²) in [4.78, 5) is 8.92. The van der Waals surface area contributed by atoms with Crippen molar-refractivity contribution < 1.29 is 57.8 Å². The molecule has 15 heteroatoms. The van der Waals surface area contributed by atoms with E-state index in [1.165, 1.54) is 32.1 Å². The minimum Gasteiger partial charge on any atom is -0.372 e. The highest BCUT2D eigenvalue weighted by molar-refractivity contribution is 5.55. The minimum absolute atomic E-state index is 0.153. The number of rotatable bonds is 21. The number of ether oxygens (including phenoxy) is 2. The van der Waals surface area contributed by atoms with Crippen molar-refractivity contribution in [2.45, 2.75) is 114 Å². The summed E-state index contributed by atoms with van der Waals surface area (Å²) in [5, 5.41) is 0. The highest BCUT2D eigenvalue weighted by Crippen LogP contribution is 2.54. The van der Waals surface area contributed by atoms with Crippen LogP contribution in [0.3, 0.4) is 0 Å². The van der Waals surface area contributed by atoms with Crippen molar-refractivity contribution in [3.63, 3.8) is 0 Å². The predicted octanol–water partition coefficient (Wildman–Crippen LogP) is 10.2. The van der Waals surface area contributed by atoms with E-state index in [1.807, 2.05) is 36.7 Å². The van der Waals surface area contributed by atoms with Gasteiger partial charge in [-0.25, -0.2) is 14.7 Å². The van der Waals surface area contributed by atoms with Crippen molar-refractivity contribution in [1.29, 1.82) is 0 Å². The summed E-state index contributed by atoms with van der Waals surface area (Å²) in [7, 11) is 0. The van der Waals surface area contributed by atoms with Crippen molar-refractivity contribution in [1.82, 2.24) is 9.97 Å². The summed E-state index contributed by atoms with van der Waals surface area (Å²) in [5.74, 6) is -14.0. The van der Waals surface area contributed by atoms with Crippen molar-refractivity contribution in [2.75, 3.05) is 13.2 Å². The van der Waals surface area contributed by atoms with Crippen molar-refractivity contribution in [2.24, 2.45) is 0 Å². The topological polar surface area (TPSA) is 44.2 Å². The maximum atomic E-state index is 13.5. The van der Waals surface area contributed by atoms with Gasteiger partial charge in [0, 0.05) is 24.6 Å². The van der Waals surface area contributed by atoms with E-state index in [2.05, 4.69) is 26.4 Å². The molecule has 0 N–H and O–H groups in total. The van der Waals surface area contributed by atoms with Crippen LogP contribution in [0.2, 0.25) is 0 Å². The fourth-order valence-electron chi connectivity index (χ4n) is 4.28. The fraction of sp³-hybridized carbons (Fsp3) is 0.667. The molecule has 0 aliphatic heterocycles. The monoisotopic (exact) mass is 666 g/mol. The normalized spacial score (nSPS) is 13.4. The summed E-state index contributed by atoms with van der Waals surface area (Å²) in [6.45, 7) is -0.327. The third kappa shape index (κ3) is 11.6. The van der Waals surface area contributed by atoms with E-state index >= 15 is 0 Å². The maximum Gasteiger partial charge on any atom is 0.460 e. The molecule has 1 aromatic heterocycles. The van der Waals surface area contributed by atoms with Gasteiger partial charge in [-0.05, 0) is 43.2 Å². The molecular weight excluding hydrogens is 629 g/mol. The van der Waals surface area contributed by atoms with Crippen LogP contribution >= 0.6 is 0 Å². The van der Waals surface area contributed by atoms with E-state index in [-0.39, 0.29) is 6.42 Å². The first-order chi connectivity index (χ1) is 20.9. The van der Waals surface area contributed by atoms with E-state index < -0.39 is 43.5 Å². The Morgan fingerprint density at radius 1 is 0.600 bits per heavy atom. The van der Waals surface area contributed by atoms with Crippen LogP contribution in [-0.2, 0) is 22.3 Å². The maximum absolute atomic E-state index is 13.5. The van der Waals surface area contributed by atoms with Crippen LogP contribution in [0.1, 0.15) is 82.3 Å². The van der Waals surface area contributed by atoms with Gasteiger partial charge in [0.05, 0.1) is 0 Å². The smallest absolute Gasteiger partial charge is 0.372 e. The minimum atomic E-state index is -7.34. The molecule has 0 saturated heterocycles. The molecule has 1 aromatic carbocycles. The molecule has 4 nitrogen and oxygen atoms in total. The number of aryl methyl sites for hydroxylation is 2. The fourth-order valence-corrected chi connectivity index (χ4v) is 4.28. The number of aromatic nitrogens is 2. The lowest BCUT2D eigenvalue weighted by atomic mass is 10.0. The molecule has 0 aliphatic rings. The molecule has 45 heavy (non-hydrogen) atoms. The molecule has 0 amide bonds. The quantitative estimate of drug-likeness (QED) is 0.0983. The highest BCUT2D eigenvalue weighted by atomic mass is 19.4. The standard InChI is InChI=1S/C30H37F11N2O2/c1-2-3-4-5-6-10-13-23-19-42-25(43-20-23)24-16-14-22(15-17-24)12-9-7-8-11-18-44-21-26(31,32)45-30(40,41)28(35,36)27(33,34)29(37,38)39/h14-17,19-20H,2-13,18,21H2,1H3. The van der Waals surface area contributed by atoms with Gasteiger partial charge in [0.25, 0.3) is 0 Å². The second-order valence-corrected chi connectivity index (χ2v) is 10.7. The highest BCUT2D eigenvalue weighted by Gasteiger charge is 2.83. The molecule has 1 heterocycles. The molecule has 0 radical (unpaired) electrons. The van der Waals surface area contributed by atoms with Crippen molar-refractivity contribution in [3.8, 4) is 11.4 Å². The van der Waals surface area contributed by atoms with Gasteiger partial charge in [0.15, 0.2) is 5.82 Å². The molecule has 0 bridgehead atoms. The predicted molar refractivity (Wildman–Crippen MR) is 144 cm³/mol. The van der Waals surface area contributed by atoms with Crippen molar-refractivity contribution in [3.05, 3.63) is 47.8 Å². The number of benzene rings is 1. The number of halogens is 11. The van der Waals surface area contributed by atoms with Gasteiger partial charge in [0.1, 0.15) is 6.61 Å². The average molecular weight is 667 g/mol. The first-order valence-corrected chi connectivity index (χ1v) is 14.7. The Bertz CT molecular complexity index is 1130. The van der Waals surface area contributed by atoms with E-state index in [4.69, 9.17) is 0 Å². The molecule has 0 fully saturated rings. The molecule has 0 atom stereocenters. The molecule has 0 saturated carbocycles. The third-order valence-corrected chi connectivity index (χ3v) is 6.90. The lowest BCUT2D eigenvalue weighted by Gasteiger charge is -2.34. The summed E-state index contributed by atoms with van der Waals surface area (Å²) < 4.78 is 148. The molecule has 0 aliphatic carbocycles. The molecule has 2 aromatic rings. The Morgan fingerprint density at radius 2 is 1.11 bits per heavy atom. The van der Waals surface area contributed by atoms with E-state index in [9.17, 15) is 48.3 Å². The molecular formula is C30H37F11N2O2. The Balaban J connectivity index is 1.66. The zero-order valence-corrected chi connectivity index (χ0v) is 24.7. The molecule has 0 unspecified atom stereocenters. The lowest BCUT2D eigenvalue weighted by Crippen LogP contribution is -2.63. The first-order valence-electron chi connectivity index (χ1n) is 14.7. The van der Waals surface area contributed by atoms with E-state index in [0.717, 1.165) is 29.5 Å². The van der Waals surface area contributed by atoms with Gasteiger partial charge in [-0.2, -0.15) is 48.3 Å². The van der Waals surface area contributed by atoms with Gasteiger partial charge in [-0.1, -0.05) is 76.1 Å². The van der Waals surface area contributed by atoms with E-state index in [0.29, 0.717) is 31.5 Å². The number of hydrogen-bond donors (Lipinski definition) is 0. The van der Waals surface area contributed by atoms with Crippen LogP contribution in [0.25, 0.3) is 11.4 Å². The summed E-state index contributed by atoms with van der Waals surface area (Å²) in [6.07, 6.45) is -4.76. The van der Waals surface area contributed by atoms with Crippen LogP contribution in [0, 0.1) is 0 Å². The van der Waals surface area contributed by atoms with Crippen LogP contribution in [0.4, 0.5) is 48.3 Å². The van der Waals surface area contributed by atoms with Crippen LogP contribution < -0.4 is 0 Å². The summed E-state index contributed by atoms with van der Waals surface area (Å²) >= 11 is 0. The van der Waals surface area contributed by atoms with Crippen molar-refractivity contribution >= 4 is 0 Å². The first kappa shape index (κ1) is 38.6. The average Bonchev–Trinajstić information content (AvgIpc) is 2.95. The Kier molecular flexibility index (Phi) is 14.5. The largest absolute Gasteiger partial charge is 0.460 e. The second kappa shape index (κ2) is 16.8. The number of unbranched alkanes of at least 4 members (excludes halogenated alkanes) is 8. The lowest BCUT2D eigenvalue weighted by molar-refractivity contribution is -0.484. The van der Waals surface area contributed by atoms with Gasteiger partial charge in [-0.15, -0.1) is 0 Å². The zero-order valence-electron chi connectivity index (χ0n) is 24.7.